The first-order valence-corrected chi connectivity index (χ1v) is 8.73. The highest BCUT2D eigenvalue weighted by molar-refractivity contribution is 5.91. The molecule has 5 nitrogen and oxygen atoms in total. The number of hydrogen-bond acceptors (Lipinski definition) is 3. The summed E-state index contributed by atoms with van der Waals surface area (Å²) in [7, 11) is 1.64. The predicted octanol–water partition coefficient (Wildman–Crippen LogP) is 3.42. The quantitative estimate of drug-likeness (QED) is 0.790. The summed E-state index contributed by atoms with van der Waals surface area (Å²) in [5, 5.41) is 2.87. The molecule has 0 atom stereocenters. The Balaban J connectivity index is 1.87. The van der Waals surface area contributed by atoms with E-state index in [2.05, 4.69) is 5.32 Å². The van der Waals surface area contributed by atoms with Crippen LogP contribution in [0.25, 0.3) is 0 Å². The zero-order valence-corrected chi connectivity index (χ0v) is 15.6. The molecule has 0 aliphatic heterocycles. The molecule has 0 saturated carbocycles. The number of methoxy groups -OCH3 is 1. The third-order valence-corrected chi connectivity index (χ3v) is 4.20. The van der Waals surface area contributed by atoms with Gasteiger partial charge in [0.2, 0.25) is 11.8 Å². The van der Waals surface area contributed by atoms with Gasteiger partial charge in [0.1, 0.15) is 5.75 Å². The van der Waals surface area contributed by atoms with Gasteiger partial charge in [0.25, 0.3) is 0 Å². The largest absolute Gasteiger partial charge is 0.496 e. The van der Waals surface area contributed by atoms with Crippen molar-refractivity contribution in [3.63, 3.8) is 0 Å². The Bertz CT molecular complexity index is 758. The van der Waals surface area contributed by atoms with Gasteiger partial charge in [-0.15, -0.1) is 0 Å². The van der Waals surface area contributed by atoms with Crippen molar-refractivity contribution in [2.75, 3.05) is 25.5 Å². The van der Waals surface area contributed by atoms with Crippen LogP contribution in [0.5, 0.6) is 5.75 Å². The molecular weight excluding hydrogens is 328 g/mol. The summed E-state index contributed by atoms with van der Waals surface area (Å²) < 4.78 is 5.34. The van der Waals surface area contributed by atoms with Gasteiger partial charge in [-0.25, -0.2) is 0 Å². The third kappa shape index (κ3) is 5.92. The topological polar surface area (TPSA) is 58.6 Å². The van der Waals surface area contributed by atoms with Crippen molar-refractivity contribution in [1.82, 2.24) is 4.90 Å². The summed E-state index contributed by atoms with van der Waals surface area (Å²) in [6.07, 6.45) is 0.947. The van der Waals surface area contributed by atoms with Crippen molar-refractivity contribution < 1.29 is 14.3 Å². The van der Waals surface area contributed by atoms with Crippen molar-refractivity contribution >= 4 is 17.5 Å². The standard InChI is InChI=1S/C21H26N2O3/c1-16-7-6-9-19(15-16)22-21(25)12-14-23(17(2)24)13-11-18-8-4-5-10-20(18)26-3/h4-10,15H,11-14H2,1-3H3,(H,22,25). The number of carbonyl (C=O) groups excluding carboxylic acids is 2. The fourth-order valence-electron chi connectivity index (χ4n) is 2.77. The van der Waals surface area contributed by atoms with Crippen molar-refractivity contribution in [2.45, 2.75) is 26.7 Å². The minimum Gasteiger partial charge on any atom is -0.496 e. The second-order valence-corrected chi connectivity index (χ2v) is 6.24. The molecule has 1 N–H and O–H groups in total. The van der Waals surface area contributed by atoms with Crippen LogP contribution >= 0.6 is 0 Å². The van der Waals surface area contributed by atoms with E-state index >= 15 is 0 Å². The second-order valence-electron chi connectivity index (χ2n) is 6.24. The molecular formula is C21H26N2O3. The molecule has 2 aromatic carbocycles. The number of nitrogens with zero attached hydrogens (tertiary/aromatic N) is 1. The number of amides is 2. The average Bonchev–Trinajstić information content (AvgIpc) is 2.61. The van der Waals surface area contributed by atoms with Crippen LogP contribution in [0.2, 0.25) is 0 Å². The maximum absolute atomic E-state index is 12.2. The highest BCUT2D eigenvalue weighted by atomic mass is 16.5. The lowest BCUT2D eigenvalue weighted by molar-refractivity contribution is -0.129. The van der Waals surface area contributed by atoms with E-state index in [0.29, 0.717) is 19.5 Å². The molecule has 0 heterocycles. The highest BCUT2D eigenvalue weighted by Crippen LogP contribution is 2.18. The summed E-state index contributed by atoms with van der Waals surface area (Å²) in [6.45, 7) is 4.45. The Kier molecular flexibility index (Phi) is 7.21. The maximum Gasteiger partial charge on any atom is 0.226 e. The number of rotatable bonds is 8. The molecule has 2 aromatic rings. The lowest BCUT2D eigenvalue weighted by Gasteiger charge is -2.21. The predicted molar refractivity (Wildman–Crippen MR) is 103 cm³/mol. The van der Waals surface area contributed by atoms with Gasteiger partial charge >= 0.3 is 0 Å². The Morgan fingerprint density at radius 1 is 1.08 bits per heavy atom. The normalized spacial score (nSPS) is 10.3. The van der Waals surface area contributed by atoms with Crippen LogP contribution in [0.1, 0.15) is 24.5 Å². The number of para-hydroxylation sites is 1. The summed E-state index contributed by atoms with van der Waals surface area (Å²) in [4.78, 5) is 25.8. The van der Waals surface area contributed by atoms with E-state index in [0.717, 1.165) is 22.6 Å². The molecule has 0 unspecified atom stereocenters. The Labute approximate surface area is 155 Å². The molecule has 0 spiro atoms. The van der Waals surface area contributed by atoms with Crippen LogP contribution in [0.4, 0.5) is 5.69 Å². The maximum atomic E-state index is 12.2. The number of carbonyl (C=O) groups is 2. The molecule has 0 aliphatic rings. The zero-order chi connectivity index (χ0) is 18.9. The monoisotopic (exact) mass is 354 g/mol. The van der Waals surface area contributed by atoms with Gasteiger partial charge in [-0.1, -0.05) is 30.3 Å². The van der Waals surface area contributed by atoms with E-state index < -0.39 is 0 Å². The van der Waals surface area contributed by atoms with Gasteiger partial charge in [-0.05, 0) is 42.7 Å². The summed E-state index contributed by atoms with van der Waals surface area (Å²) in [5.41, 5.74) is 2.91. The zero-order valence-electron chi connectivity index (χ0n) is 15.6. The van der Waals surface area contributed by atoms with Crippen molar-refractivity contribution in [3.05, 3.63) is 59.7 Å². The van der Waals surface area contributed by atoms with Crippen LogP contribution in [-0.2, 0) is 16.0 Å². The van der Waals surface area contributed by atoms with Crippen molar-refractivity contribution in [2.24, 2.45) is 0 Å². The van der Waals surface area contributed by atoms with Gasteiger partial charge in [-0.2, -0.15) is 0 Å². The van der Waals surface area contributed by atoms with Crippen LogP contribution in [0.15, 0.2) is 48.5 Å². The fraction of sp³-hybridized carbons (Fsp3) is 0.333. The van der Waals surface area contributed by atoms with Gasteiger partial charge in [0, 0.05) is 32.1 Å². The van der Waals surface area contributed by atoms with Gasteiger partial charge in [-0.3, -0.25) is 9.59 Å². The first-order valence-electron chi connectivity index (χ1n) is 8.73. The summed E-state index contributed by atoms with van der Waals surface area (Å²) >= 11 is 0. The minimum atomic E-state index is -0.0980. The molecule has 0 fully saturated rings. The lowest BCUT2D eigenvalue weighted by Crippen LogP contribution is -2.33. The smallest absolute Gasteiger partial charge is 0.226 e. The molecule has 0 aromatic heterocycles. The lowest BCUT2D eigenvalue weighted by atomic mass is 10.1. The van der Waals surface area contributed by atoms with Gasteiger partial charge < -0.3 is 15.0 Å². The summed E-state index contributed by atoms with van der Waals surface area (Å²) in [6, 6.07) is 15.4. The molecule has 0 radical (unpaired) electrons. The Morgan fingerprint density at radius 2 is 1.85 bits per heavy atom. The summed E-state index contributed by atoms with van der Waals surface area (Å²) in [5.74, 6) is 0.676. The third-order valence-electron chi connectivity index (χ3n) is 4.20. The fourth-order valence-corrected chi connectivity index (χ4v) is 2.77. The first kappa shape index (κ1) is 19.5. The Hall–Kier alpha value is -2.82. The molecule has 0 aliphatic carbocycles. The second kappa shape index (κ2) is 9.61. The molecule has 0 bridgehead atoms. The van der Waals surface area contributed by atoms with Crippen LogP contribution in [-0.4, -0.2) is 36.9 Å². The molecule has 138 valence electrons. The average molecular weight is 354 g/mol. The van der Waals surface area contributed by atoms with E-state index in [1.807, 2.05) is 55.5 Å². The van der Waals surface area contributed by atoms with E-state index in [1.54, 1.807) is 12.0 Å². The molecule has 2 amide bonds. The number of nitrogens with one attached hydrogen (secondary N) is 1. The van der Waals surface area contributed by atoms with E-state index in [9.17, 15) is 9.59 Å². The Morgan fingerprint density at radius 3 is 2.54 bits per heavy atom. The minimum absolute atomic E-state index is 0.0387. The van der Waals surface area contributed by atoms with Crippen LogP contribution < -0.4 is 10.1 Å². The van der Waals surface area contributed by atoms with Gasteiger partial charge in [0.15, 0.2) is 0 Å². The van der Waals surface area contributed by atoms with Crippen molar-refractivity contribution in [1.29, 1.82) is 0 Å². The van der Waals surface area contributed by atoms with Crippen molar-refractivity contribution in [3.8, 4) is 5.75 Å². The molecule has 26 heavy (non-hydrogen) atoms. The number of anilines is 1. The number of hydrogen-bond donors (Lipinski definition) is 1. The number of ether oxygens (including phenoxy) is 1. The van der Waals surface area contributed by atoms with E-state index in [4.69, 9.17) is 4.74 Å². The molecule has 0 saturated heterocycles. The number of aryl methyl sites for hydroxylation is 1. The van der Waals surface area contributed by atoms with E-state index in [-0.39, 0.29) is 18.2 Å². The molecule has 2 rings (SSSR count). The van der Waals surface area contributed by atoms with Crippen LogP contribution in [0.3, 0.4) is 0 Å². The number of benzene rings is 2. The van der Waals surface area contributed by atoms with Gasteiger partial charge in [0.05, 0.1) is 7.11 Å². The van der Waals surface area contributed by atoms with E-state index in [1.165, 1.54) is 6.92 Å². The highest BCUT2D eigenvalue weighted by Gasteiger charge is 2.13. The molecule has 5 heteroatoms. The SMILES string of the molecule is COc1ccccc1CCN(CCC(=O)Nc1cccc(C)c1)C(C)=O. The first-order chi connectivity index (χ1) is 12.5. The van der Waals surface area contributed by atoms with Crippen LogP contribution in [0, 0.1) is 6.92 Å².